The number of carbonyl (C=O) groups excluding carboxylic acids is 1. The molecule has 11 heteroatoms. The van der Waals surface area contributed by atoms with Crippen LogP contribution in [0.15, 0.2) is 60.8 Å². The highest BCUT2D eigenvalue weighted by molar-refractivity contribution is 7.80. The fourth-order valence-corrected chi connectivity index (χ4v) is 3.72. The van der Waals surface area contributed by atoms with Crippen LogP contribution in [-0.2, 0) is 11.2 Å². The quantitative estimate of drug-likeness (QED) is 0.307. The van der Waals surface area contributed by atoms with E-state index in [9.17, 15) is 18.0 Å². The number of benzene rings is 3. The van der Waals surface area contributed by atoms with Gasteiger partial charge in [0.25, 0.3) is 0 Å². The van der Waals surface area contributed by atoms with E-state index in [2.05, 4.69) is 15.6 Å². The number of nitrogens with zero attached hydrogens (tertiary/aromatic N) is 1. The number of thiocarbonyl (C=S) groups is 1. The highest BCUT2D eigenvalue weighted by Crippen LogP contribution is 2.37. The number of nitrogens with one attached hydrogen (secondary N) is 2. The number of rotatable bonds is 7. The van der Waals surface area contributed by atoms with Crippen molar-refractivity contribution < 1.29 is 32.2 Å². The number of hydrogen-bond donors (Lipinski definition) is 2. The van der Waals surface area contributed by atoms with E-state index in [-0.39, 0.29) is 28.5 Å². The lowest BCUT2D eigenvalue weighted by Gasteiger charge is -2.14. The fourth-order valence-electron chi connectivity index (χ4n) is 3.49. The van der Waals surface area contributed by atoms with Crippen LogP contribution in [0.25, 0.3) is 10.9 Å². The van der Waals surface area contributed by atoms with Crippen molar-refractivity contribution in [1.82, 2.24) is 10.3 Å². The van der Waals surface area contributed by atoms with Gasteiger partial charge < -0.3 is 24.8 Å². The van der Waals surface area contributed by atoms with E-state index in [0.29, 0.717) is 34.2 Å². The summed E-state index contributed by atoms with van der Waals surface area (Å²) in [5.74, 6) is -1.66. The molecule has 0 aliphatic carbocycles. The van der Waals surface area contributed by atoms with Crippen molar-refractivity contribution in [3.05, 3.63) is 83.8 Å². The number of methoxy groups -OCH3 is 2. The largest absolute Gasteiger partial charge is 0.493 e. The first-order valence-electron chi connectivity index (χ1n) is 10.8. The van der Waals surface area contributed by atoms with E-state index in [1.54, 1.807) is 18.2 Å². The first-order chi connectivity index (χ1) is 17.8. The standard InChI is InChI=1S/C26H20F3N3O4S/c1-34-23-12-17-20(13-24(23)35-2)30-8-7-21(17)36-22-6-5-16(11-19(22)29)31-26(37)32-25(33)9-14-3-4-15(27)10-18(14)28/h3-8,10-13H,9H2,1-2H3,(H2,31,32,33,37). The van der Waals surface area contributed by atoms with Crippen LogP contribution < -0.4 is 24.8 Å². The summed E-state index contributed by atoms with van der Waals surface area (Å²) >= 11 is 5.08. The van der Waals surface area contributed by atoms with Gasteiger partial charge in [-0.2, -0.15) is 0 Å². The Bertz CT molecular complexity index is 1500. The van der Waals surface area contributed by atoms with Crippen molar-refractivity contribution in [2.24, 2.45) is 0 Å². The molecule has 0 saturated carbocycles. The molecule has 0 unspecified atom stereocenters. The highest BCUT2D eigenvalue weighted by Gasteiger charge is 2.15. The van der Waals surface area contributed by atoms with E-state index < -0.39 is 23.4 Å². The normalized spacial score (nSPS) is 10.6. The number of amides is 1. The number of pyridine rings is 1. The van der Waals surface area contributed by atoms with Gasteiger partial charge in [-0.3, -0.25) is 9.78 Å². The second-order valence-corrected chi connectivity index (χ2v) is 8.10. The first-order valence-corrected chi connectivity index (χ1v) is 11.2. The van der Waals surface area contributed by atoms with Crippen LogP contribution in [0.3, 0.4) is 0 Å². The van der Waals surface area contributed by atoms with Crippen molar-refractivity contribution >= 4 is 39.8 Å². The zero-order chi connectivity index (χ0) is 26.5. The van der Waals surface area contributed by atoms with Gasteiger partial charge in [0, 0.05) is 35.5 Å². The van der Waals surface area contributed by atoms with E-state index in [1.165, 1.54) is 38.6 Å². The summed E-state index contributed by atoms with van der Waals surface area (Å²) < 4.78 is 58.1. The van der Waals surface area contributed by atoms with Crippen molar-refractivity contribution in [2.75, 3.05) is 19.5 Å². The van der Waals surface area contributed by atoms with Crippen molar-refractivity contribution in [1.29, 1.82) is 0 Å². The predicted molar refractivity (Wildman–Crippen MR) is 136 cm³/mol. The van der Waals surface area contributed by atoms with Gasteiger partial charge in [0.15, 0.2) is 28.2 Å². The van der Waals surface area contributed by atoms with Crippen molar-refractivity contribution in [3.63, 3.8) is 0 Å². The monoisotopic (exact) mass is 527 g/mol. The van der Waals surface area contributed by atoms with Crippen LogP contribution in [0.1, 0.15) is 5.56 Å². The number of ether oxygens (including phenoxy) is 3. The molecule has 190 valence electrons. The topological polar surface area (TPSA) is 81.7 Å². The Morgan fingerprint density at radius 3 is 2.35 bits per heavy atom. The maximum Gasteiger partial charge on any atom is 0.230 e. The van der Waals surface area contributed by atoms with Crippen LogP contribution in [0.5, 0.6) is 23.0 Å². The molecule has 4 rings (SSSR count). The summed E-state index contributed by atoms with van der Waals surface area (Å²) in [6.45, 7) is 0. The van der Waals surface area contributed by atoms with Gasteiger partial charge >= 0.3 is 0 Å². The second-order valence-electron chi connectivity index (χ2n) is 7.70. The number of anilines is 1. The minimum Gasteiger partial charge on any atom is -0.493 e. The van der Waals surface area contributed by atoms with Gasteiger partial charge in [-0.1, -0.05) is 6.07 Å². The third kappa shape index (κ3) is 6.07. The van der Waals surface area contributed by atoms with Gasteiger partial charge in [-0.25, -0.2) is 13.2 Å². The van der Waals surface area contributed by atoms with Gasteiger partial charge in [-0.05, 0) is 48.1 Å². The summed E-state index contributed by atoms with van der Waals surface area (Å²) in [6.07, 6.45) is 1.17. The molecule has 1 amide bonds. The number of fused-ring (bicyclic) bond motifs is 1. The third-order valence-corrected chi connectivity index (χ3v) is 5.44. The summed E-state index contributed by atoms with van der Waals surface area (Å²) in [5.41, 5.74) is 0.818. The Labute approximate surface area is 215 Å². The van der Waals surface area contributed by atoms with Crippen LogP contribution in [-0.4, -0.2) is 30.2 Å². The molecule has 1 heterocycles. The molecule has 1 aromatic heterocycles. The molecular weight excluding hydrogens is 507 g/mol. The van der Waals surface area contributed by atoms with Gasteiger partial charge in [-0.15, -0.1) is 0 Å². The molecule has 2 N–H and O–H groups in total. The minimum atomic E-state index is -0.841. The zero-order valence-electron chi connectivity index (χ0n) is 19.6. The molecule has 3 aromatic carbocycles. The molecule has 0 aliphatic heterocycles. The SMILES string of the molecule is COc1cc2nccc(Oc3ccc(NC(=S)NC(=O)Cc4ccc(F)cc4F)cc3F)c2cc1OC. The number of aromatic nitrogens is 1. The third-order valence-electron chi connectivity index (χ3n) is 5.24. The molecular formula is C26H20F3N3O4S. The maximum atomic E-state index is 14.8. The number of halogens is 3. The van der Waals surface area contributed by atoms with E-state index >= 15 is 0 Å². The lowest BCUT2D eigenvalue weighted by atomic mass is 10.1. The molecule has 0 saturated heterocycles. The van der Waals surface area contributed by atoms with Crippen LogP contribution in [0, 0.1) is 17.5 Å². The summed E-state index contributed by atoms with van der Waals surface area (Å²) in [7, 11) is 3.01. The Hall–Kier alpha value is -4.38. The Kier molecular flexibility index (Phi) is 7.73. The lowest BCUT2D eigenvalue weighted by molar-refractivity contribution is -0.119. The van der Waals surface area contributed by atoms with E-state index in [1.807, 2.05) is 0 Å². The Morgan fingerprint density at radius 2 is 1.65 bits per heavy atom. The highest BCUT2D eigenvalue weighted by atomic mass is 32.1. The van der Waals surface area contributed by atoms with Crippen LogP contribution >= 0.6 is 12.2 Å². The second kappa shape index (κ2) is 11.1. The average molecular weight is 528 g/mol. The summed E-state index contributed by atoms with van der Waals surface area (Å²) in [6, 6.07) is 11.9. The van der Waals surface area contributed by atoms with Crippen LogP contribution in [0.2, 0.25) is 0 Å². The number of carbonyl (C=O) groups is 1. The summed E-state index contributed by atoms with van der Waals surface area (Å²) in [4.78, 5) is 16.4. The molecule has 7 nitrogen and oxygen atoms in total. The Balaban J connectivity index is 1.44. The molecule has 4 aromatic rings. The molecule has 0 atom stereocenters. The average Bonchev–Trinajstić information content (AvgIpc) is 2.86. The predicted octanol–water partition coefficient (Wildman–Crippen LogP) is 5.52. The summed E-state index contributed by atoms with van der Waals surface area (Å²) in [5, 5.41) is 5.52. The lowest BCUT2D eigenvalue weighted by Crippen LogP contribution is -2.35. The van der Waals surface area contributed by atoms with Crippen LogP contribution in [0.4, 0.5) is 18.9 Å². The minimum absolute atomic E-state index is 0.00828. The maximum absolute atomic E-state index is 14.8. The molecule has 0 aliphatic rings. The number of hydrogen-bond acceptors (Lipinski definition) is 6. The van der Waals surface area contributed by atoms with E-state index in [4.69, 9.17) is 26.4 Å². The van der Waals surface area contributed by atoms with Crippen molar-refractivity contribution in [3.8, 4) is 23.0 Å². The van der Waals surface area contributed by atoms with Gasteiger partial charge in [0.1, 0.15) is 17.4 Å². The molecule has 0 bridgehead atoms. The van der Waals surface area contributed by atoms with E-state index in [0.717, 1.165) is 12.1 Å². The Morgan fingerprint density at radius 1 is 0.892 bits per heavy atom. The molecule has 0 spiro atoms. The molecule has 0 radical (unpaired) electrons. The first kappa shape index (κ1) is 25.7. The molecule has 37 heavy (non-hydrogen) atoms. The molecule has 0 fully saturated rings. The fraction of sp³-hybridized carbons (Fsp3) is 0.115. The van der Waals surface area contributed by atoms with Crippen molar-refractivity contribution in [2.45, 2.75) is 6.42 Å². The zero-order valence-corrected chi connectivity index (χ0v) is 20.4. The smallest absolute Gasteiger partial charge is 0.230 e. The van der Waals surface area contributed by atoms with Gasteiger partial charge in [0.2, 0.25) is 5.91 Å². The van der Waals surface area contributed by atoms with Gasteiger partial charge in [0.05, 0.1) is 26.2 Å².